The van der Waals surface area contributed by atoms with Crippen molar-refractivity contribution in [3.05, 3.63) is 35.2 Å². The molecule has 1 rings (SSSR count). The number of hydrogen-bond donors (Lipinski definition) is 1. The van der Waals surface area contributed by atoms with Crippen LogP contribution in [0.3, 0.4) is 0 Å². The predicted molar refractivity (Wildman–Crippen MR) is 58.5 cm³/mol. The molecule has 0 spiro atoms. The van der Waals surface area contributed by atoms with Crippen LogP contribution < -0.4 is 0 Å². The van der Waals surface area contributed by atoms with E-state index in [9.17, 15) is 14.3 Å². The highest BCUT2D eigenvalue weighted by Crippen LogP contribution is 2.21. The summed E-state index contributed by atoms with van der Waals surface area (Å²) < 4.78 is 18.0. The second-order valence-electron chi connectivity index (χ2n) is 3.25. The smallest absolute Gasteiger partial charge is 0.330 e. The number of aryl methyl sites for hydroxylation is 1. The van der Waals surface area contributed by atoms with Crippen LogP contribution in [0.4, 0.5) is 4.39 Å². The quantitative estimate of drug-likeness (QED) is 0.633. The van der Waals surface area contributed by atoms with E-state index in [1.54, 1.807) is 13.8 Å². The van der Waals surface area contributed by atoms with Gasteiger partial charge in [0.1, 0.15) is 11.6 Å². The highest BCUT2D eigenvalue weighted by molar-refractivity contribution is 5.87. The Bertz CT molecular complexity index is 425. The Kier molecular flexibility index (Phi) is 4.05. The number of aromatic hydroxyl groups is 1. The highest BCUT2D eigenvalue weighted by atomic mass is 19.1. The van der Waals surface area contributed by atoms with Crippen molar-refractivity contribution in [3.63, 3.8) is 0 Å². The lowest BCUT2D eigenvalue weighted by molar-refractivity contribution is -0.137. The van der Waals surface area contributed by atoms with Crippen molar-refractivity contribution >= 4 is 12.0 Å². The first kappa shape index (κ1) is 12.2. The number of rotatable bonds is 3. The van der Waals surface area contributed by atoms with Gasteiger partial charge in [-0.3, -0.25) is 0 Å². The van der Waals surface area contributed by atoms with Crippen LogP contribution in [0.5, 0.6) is 5.75 Å². The molecule has 0 saturated carbocycles. The molecule has 4 heteroatoms. The van der Waals surface area contributed by atoms with E-state index in [0.29, 0.717) is 5.56 Å². The highest BCUT2D eigenvalue weighted by Gasteiger charge is 2.04. The molecule has 0 amide bonds. The Labute approximate surface area is 93.2 Å². The first-order valence-electron chi connectivity index (χ1n) is 4.88. The van der Waals surface area contributed by atoms with Crippen LogP contribution in [0.25, 0.3) is 6.08 Å². The normalized spacial score (nSPS) is 10.7. The molecule has 0 heterocycles. The molecule has 16 heavy (non-hydrogen) atoms. The Hall–Kier alpha value is -1.84. The maximum Gasteiger partial charge on any atom is 0.330 e. The molecular formula is C12H13FO3. The average molecular weight is 224 g/mol. The van der Waals surface area contributed by atoms with Gasteiger partial charge in [-0.15, -0.1) is 0 Å². The monoisotopic (exact) mass is 224 g/mol. The summed E-state index contributed by atoms with van der Waals surface area (Å²) in [6.07, 6.45) is 2.39. The van der Waals surface area contributed by atoms with E-state index in [4.69, 9.17) is 0 Å². The van der Waals surface area contributed by atoms with Crippen LogP contribution in [-0.2, 0) is 9.53 Å². The van der Waals surface area contributed by atoms with Gasteiger partial charge in [-0.1, -0.05) is 0 Å². The second kappa shape index (κ2) is 5.30. The summed E-state index contributed by atoms with van der Waals surface area (Å²) in [6, 6.07) is 2.47. The molecule has 0 radical (unpaired) electrons. The summed E-state index contributed by atoms with van der Waals surface area (Å²) in [4.78, 5) is 11.0. The number of carbonyl (C=O) groups is 1. The van der Waals surface area contributed by atoms with E-state index in [0.717, 1.165) is 6.08 Å². The van der Waals surface area contributed by atoms with E-state index < -0.39 is 11.8 Å². The van der Waals surface area contributed by atoms with Gasteiger partial charge in [-0.25, -0.2) is 9.18 Å². The molecule has 0 aliphatic heterocycles. The molecule has 1 aromatic rings. The molecule has 1 aromatic carbocycles. The van der Waals surface area contributed by atoms with Crippen molar-refractivity contribution in [2.75, 3.05) is 6.61 Å². The van der Waals surface area contributed by atoms with Crippen molar-refractivity contribution in [2.45, 2.75) is 13.8 Å². The van der Waals surface area contributed by atoms with Gasteiger partial charge >= 0.3 is 5.97 Å². The largest absolute Gasteiger partial charge is 0.508 e. The fourth-order valence-electron chi connectivity index (χ4n) is 1.15. The lowest BCUT2D eigenvalue weighted by Crippen LogP contribution is -1.98. The topological polar surface area (TPSA) is 46.5 Å². The van der Waals surface area contributed by atoms with E-state index in [-0.39, 0.29) is 17.9 Å². The maximum absolute atomic E-state index is 13.4. The van der Waals surface area contributed by atoms with Crippen molar-refractivity contribution < 1.29 is 19.0 Å². The van der Waals surface area contributed by atoms with Crippen LogP contribution in [0.1, 0.15) is 18.1 Å². The summed E-state index contributed by atoms with van der Waals surface area (Å²) in [6.45, 7) is 3.55. The summed E-state index contributed by atoms with van der Waals surface area (Å²) in [7, 11) is 0. The Morgan fingerprint density at radius 3 is 2.88 bits per heavy atom. The SMILES string of the molecule is CCOC(=O)/C=C/c1cc(O)c(C)cc1F. The lowest BCUT2D eigenvalue weighted by atomic mass is 10.1. The summed E-state index contributed by atoms with van der Waals surface area (Å²) in [5.41, 5.74) is 0.599. The maximum atomic E-state index is 13.4. The lowest BCUT2D eigenvalue weighted by Gasteiger charge is -2.02. The fourth-order valence-corrected chi connectivity index (χ4v) is 1.15. The van der Waals surface area contributed by atoms with Gasteiger partial charge in [0, 0.05) is 11.6 Å². The third kappa shape index (κ3) is 3.08. The molecule has 3 nitrogen and oxygen atoms in total. The molecule has 0 saturated heterocycles. The number of phenolic OH excluding ortho intramolecular Hbond substituents is 1. The average Bonchev–Trinajstić information content (AvgIpc) is 2.22. The summed E-state index contributed by atoms with van der Waals surface area (Å²) in [5.74, 6) is -1.04. The number of halogens is 1. The zero-order chi connectivity index (χ0) is 12.1. The van der Waals surface area contributed by atoms with Gasteiger partial charge in [-0.05, 0) is 37.6 Å². The predicted octanol–water partition coefficient (Wildman–Crippen LogP) is 2.42. The number of benzene rings is 1. The third-order valence-electron chi connectivity index (χ3n) is 2.00. The molecule has 0 aliphatic carbocycles. The van der Waals surface area contributed by atoms with E-state index in [1.807, 2.05) is 0 Å². The van der Waals surface area contributed by atoms with Crippen LogP contribution in [0.15, 0.2) is 18.2 Å². The Morgan fingerprint density at radius 1 is 1.56 bits per heavy atom. The first-order valence-corrected chi connectivity index (χ1v) is 4.88. The summed E-state index contributed by atoms with van der Waals surface area (Å²) >= 11 is 0. The Balaban J connectivity index is 2.89. The first-order chi connectivity index (χ1) is 7.54. The van der Waals surface area contributed by atoms with Crippen molar-refractivity contribution in [2.24, 2.45) is 0 Å². The van der Waals surface area contributed by atoms with Crippen molar-refractivity contribution in [1.82, 2.24) is 0 Å². The van der Waals surface area contributed by atoms with Crippen LogP contribution in [0, 0.1) is 12.7 Å². The molecule has 0 unspecified atom stereocenters. The zero-order valence-corrected chi connectivity index (χ0v) is 9.16. The minimum atomic E-state index is -0.540. The molecule has 86 valence electrons. The van der Waals surface area contributed by atoms with E-state index in [1.165, 1.54) is 18.2 Å². The van der Waals surface area contributed by atoms with E-state index in [2.05, 4.69) is 4.74 Å². The van der Waals surface area contributed by atoms with Gasteiger partial charge in [0.2, 0.25) is 0 Å². The van der Waals surface area contributed by atoms with Gasteiger partial charge in [0.15, 0.2) is 0 Å². The molecule has 0 atom stereocenters. The van der Waals surface area contributed by atoms with Crippen LogP contribution in [-0.4, -0.2) is 17.7 Å². The molecular weight excluding hydrogens is 211 g/mol. The molecule has 1 N–H and O–H groups in total. The second-order valence-corrected chi connectivity index (χ2v) is 3.25. The summed E-state index contributed by atoms with van der Waals surface area (Å²) in [5, 5.41) is 9.38. The van der Waals surface area contributed by atoms with Crippen LogP contribution in [0.2, 0.25) is 0 Å². The zero-order valence-electron chi connectivity index (χ0n) is 9.16. The number of ether oxygens (including phenoxy) is 1. The van der Waals surface area contributed by atoms with Crippen LogP contribution >= 0.6 is 0 Å². The van der Waals surface area contributed by atoms with Gasteiger partial charge in [0.25, 0.3) is 0 Å². The molecule has 0 aliphatic rings. The fraction of sp³-hybridized carbons (Fsp3) is 0.250. The number of hydrogen-bond acceptors (Lipinski definition) is 3. The molecule has 0 aromatic heterocycles. The number of esters is 1. The van der Waals surface area contributed by atoms with Gasteiger partial charge in [0.05, 0.1) is 6.61 Å². The van der Waals surface area contributed by atoms with Crippen molar-refractivity contribution in [3.8, 4) is 5.75 Å². The molecule has 0 bridgehead atoms. The van der Waals surface area contributed by atoms with Gasteiger partial charge < -0.3 is 9.84 Å². The molecule has 0 fully saturated rings. The Morgan fingerprint density at radius 2 is 2.25 bits per heavy atom. The minimum Gasteiger partial charge on any atom is -0.508 e. The van der Waals surface area contributed by atoms with E-state index >= 15 is 0 Å². The van der Waals surface area contributed by atoms with Gasteiger partial charge in [-0.2, -0.15) is 0 Å². The number of phenols is 1. The van der Waals surface area contributed by atoms with Crippen molar-refractivity contribution in [1.29, 1.82) is 0 Å². The third-order valence-corrected chi connectivity index (χ3v) is 2.00. The standard InChI is InChI=1S/C12H13FO3/c1-3-16-12(15)5-4-9-7-11(14)8(2)6-10(9)13/h4-7,14H,3H2,1-2H3/b5-4+. The minimum absolute atomic E-state index is 0.00934. The number of carbonyl (C=O) groups excluding carboxylic acids is 1.